The van der Waals surface area contributed by atoms with Gasteiger partial charge in [0, 0.05) is 35.7 Å². The van der Waals surface area contributed by atoms with Crippen LogP contribution < -0.4 is 4.90 Å². The van der Waals surface area contributed by atoms with Gasteiger partial charge in [-0.15, -0.1) is 0 Å². The second-order valence-corrected chi connectivity index (χ2v) is 9.11. The lowest BCUT2D eigenvalue weighted by Gasteiger charge is -2.35. The molecule has 2 aromatic rings. The summed E-state index contributed by atoms with van der Waals surface area (Å²) in [5.74, 6) is 0. The van der Waals surface area contributed by atoms with Gasteiger partial charge in [-0.05, 0) is 48.9 Å². The van der Waals surface area contributed by atoms with Gasteiger partial charge in [-0.1, -0.05) is 11.8 Å². The average Bonchev–Trinajstić information content (AvgIpc) is 3.03. The number of aromatic nitrogens is 1. The molecule has 8 heteroatoms. The van der Waals surface area contributed by atoms with Crippen molar-refractivity contribution >= 4 is 27.5 Å². The summed E-state index contributed by atoms with van der Waals surface area (Å²) >= 11 is 1.49. The fraction of sp³-hybridized carbons (Fsp3) is 0.222. The van der Waals surface area contributed by atoms with Crippen molar-refractivity contribution in [1.82, 2.24) is 9.29 Å². The number of pyridine rings is 1. The third kappa shape index (κ3) is 4.00. The molecule has 0 amide bonds. The van der Waals surface area contributed by atoms with Gasteiger partial charge >= 0.3 is 0 Å². The maximum absolute atomic E-state index is 12.3. The van der Waals surface area contributed by atoms with E-state index < -0.39 is 15.5 Å². The minimum atomic E-state index is -3.41. The van der Waals surface area contributed by atoms with Gasteiger partial charge < -0.3 is 4.90 Å². The van der Waals surface area contributed by atoms with Gasteiger partial charge in [-0.25, -0.2) is 12.7 Å². The minimum Gasteiger partial charge on any atom is -0.337 e. The van der Waals surface area contributed by atoms with Crippen LogP contribution in [0.25, 0.3) is 0 Å². The monoisotopic (exact) mass is 386 g/mol. The molecule has 134 valence electrons. The van der Waals surface area contributed by atoms with Crippen LogP contribution in [0.15, 0.2) is 59.9 Å². The summed E-state index contributed by atoms with van der Waals surface area (Å²) in [6.45, 7) is 2.41. The first-order valence-corrected chi connectivity index (χ1v) is 10.6. The molecule has 6 nitrogen and oxygen atoms in total. The summed E-state index contributed by atoms with van der Waals surface area (Å²) in [5.41, 5.74) is 2.00. The van der Waals surface area contributed by atoms with Gasteiger partial charge in [0.2, 0.25) is 10.0 Å². The smallest absolute Gasteiger partial charge is 0.234 e. The molecule has 0 radical (unpaired) electrons. The summed E-state index contributed by atoms with van der Waals surface area (Å²) in [4.78, 5) is 6.97. The molecule has 1 aromatic heterocycles. The summed E-state index contributed by atoms with van der Waals surface area (Å²) in [7, 11) is -3.41. The first-order valence-electron chi connectivity index (χ1n) is 7.88. The summed E-state index contributed by atoms with van der Waals surface area (Å²) in [6, 6.07) is 13.1. The standard InChI is InChI=1S/C18H18N4O2S2/c1-14-12-22(26(2,23)24)18(25-14)21(13-16-7-9-20-10-8-16)17-5-3-15(11-19)4-6-17/h3-10,12,18H,13H2,1-2H3. The second-order valence-electron chi connectivity index (χ2n) is 5.92. The van der Waals surface area contributed by atoms with E-state index >= 15 is 0 Å². The Morgan fingerprint density at radius 1 is 1.23 bits per heavy atom. The molecule has 1 atom stereocenters. The molecule has 0 saturated carbocycles. The SMILES string of the molecule is CC1=CN(S(C)(=O)=O)C(N(Cc2ccncc2)c2ccc(C#N)cc2)S1. The van der Waals surface area contributed by atoms with Gasteiger partial charge in [0.05, 0.1) is 17.9 Å². The van der Waals surface area contributed by atoms with E-state index in [1.807, 2.05) is 36.1 Å². The van der Waals surface area contributed by atoms with Crippen LogP contribution in [0.4, 0.5) is 5.69 Å². The Kier molecular flexibility index (Phi) is 5.20. The fourth-order valence-corrected chi connectivity index (χ4v) is 5.11. The molecule has 0 saturated heterocycles. The summed E-state index contributed by atoms with van der Waals surface area (Å²) < 4.78 is 25.9. The Hall–Kier alpha value is -2.50. The van der Waals surface area contributed by atoms with Crippen LogP contribution >= 0.6 is 11.8 Å². The van der Waals surface area contributed by atoms with Crippen molar-refractivity contribution in [2.45, 2.75) is 19.0 Å². The highest BCUT2D eigenvalue weighted by atomic mass is 32.2. The Bertz CT molecular complexity index is 951. The second kappa shape index (κ2) is 7.40. The lowest BCUT2D eigenvalue weighted by molar-refractivity contribution is 0.475. The zero-order valence-corrected chi connectivity index (χ0v) is 16.0. The Balaban J connectivity index is 2.01. The normalized spacial score (nSPS) is 16.9. The quantitative estimate of drug-likeness (QED) is 0.786. The first-order chi connectivity index (χ1) is 12.4. The minimum absolute atomic E-state index is 0.425. The number of benzene rings is 1. The molecule has 26 heavy (non-hydrogen) atoms. The maximum Gasteiger partial charge on any atom is 0.234 e. The molecule has 0 spiro atoms. The van der Waals surface area contributed by atoms with Crippen molar-refractivity contribution in [1.29, 1.82) is 5.26 Å². The molecular formula is C18H18N4O2S2. The number of allylic oxidation sites excluding steroid dienone is 1. The van der Waals surface area contributed by atoms with E-state index in [0.717, 1.165) is 16.2 Å². The van der Waals surface area contributed by atoms with Crippen LogP contribution in [0.5, 0.6) is 0 Å². The van der Waals surface area contributed by atoms with Crippen molar-refractivity contribution in [3.63, 3.8) is 0 Å². The molecule has 0 aliphatic carbocycles. The largest absolute Gasteiger partial charge is 0.337 e. The van der Waals surface area contributed by atoms with Gasteiger partial charge in [0.1, 0.15) is 0 Å². The van der Waals surface area contributed by atoms with Crippen molar-refractivity contribution < 1.29 is 8.42 Å². The highest BCUT2D eigenvalue weighted by Gasteiger charge is 2.35. The predicted molar refractivity (Wildman–Crippen MR) is 103 cm³/mol. The highest BCUT2D eigenvalue weighted by Crippen LogP contribution is 2.39. The molecule has 1 aliphatic heterocycles. The number of nitrogens with zero attached hydrogens (tertiary/aromatic N) is 4. The number of thioether (sulfide) groups is 1. The van der Waals surface area contributed by atoms with E-state index in [4.69, 9.17) is 5.26 Å². The molecule has 1 unspecified atom stereocenters. The fourth-order valence-electron chi connectivity index (χ4n) is 2.66. The first kappa shape index (κ1) is 18.3. The number of sulfonamides is 1. The van der Waals surface area contributed by atoms with Gasteiger partial charge in [0.15, 0.2) is 5.50 Å². The number of rotatable bonds is 5. The van der Waals surface area contributed by atoms with E-state index in [9.17, 15) is 8.42 Å². The molecular weight excluding hydrogens is 368 g/mol. The molecule has 0 N–H and O–H groups in total. The van der Waals surface area contributed by atoms with Crippen LogP contribution in [0, 0.1) is 11.3 Å². The summed E-state index contributed by atoms with van der Waals surface area (Å²) in [6.07, 6.45) is 6.30. The highest BCUT2D eigenvalue weighted by molar-refractivity contribution is 8.04. The van der Waals surface area contributed by atoms with E-state index in [0.29, 0.717) is 12.1 Å². The lowest BCUT2D eigenvalue weighted by atomic mass is 10.2. The number of nitriles is 1. The topological polar surface area (TPSA) is 77.3 Å². The zero-order chi connectivity index (χ0) is 18.7. The van der Waals surface area contributed by atoms with E-state index in [1.165, 1.54) is 22.3 Å². The number of hydrogen-bond donors (Lipinski definition) is 0. The molecule has 2 heterocycles. The lowest BCUT2D eigenvalue weighted by Crippen LogP contribution is -2.44. The summed E-state index contributed by atoms with van der Waals surface area (Å²) in [5, 5.41) is 9.03. The molecule has 1 aliphatic rings. The number of anilines is 1. The molecule has 1 aromatic carbocycles. The van der Waals surface area contributed by atoms with Crippen molar-refractivity contribution in [2.75, 3.05) is 11.2 Å². The van der Waals surface area contributed by atoms with Crippen LogP contribution in [0.1, 0.15) is 18.1 Å². The van der Waals surface area contributed by atoms with Crippen molar-refractivity contribution in [3.8, 4) is 6.07 Å². The van der Waals surface area contributed by atoms with Gasteiger partial charge in [-0.3, -0.25) is 4.98 Å². The van der Waals surface area contributed by atoms with E-state index in [1.54, 1.807) is 30.7 Å². The number of hydrogen-bond acceptors (Lipinski definition) is 6. The van der Waals surface area contributed by atoms with Crippen LogP contribution in [0.3, 0.4) is 0 Å². The maximum atomic E-state index is 12.3. The van der Waals surface area contributed by atoms with Crippen LogP contribution in [-0.2, 0) is 16.6 Å². The van der Waals surface area contributed by atoms with E-state index in [-0.39, 0.29) is 0 Å². The Morgan fingerprint density at radius 3 is 2.46 bits per heavy atom. The van der Waals surface area contributed by atoms with Crippen LogP contribution in [0.2, 0.25) is 0 Å². The third-order valence-corrected chi connectivity index (χ3v) is 6.27. The molecule has 0 fully saturated rings. The average molecular weight is 387 g/mol. The Labute approximate surface area is 157 Å². The molecule has 3 rings (SSSR count). The third-order valence-electron chi connectivity index (χ3n) is 3.90. The van der Waals surface area contributed by atoms with Crippen molar-refractivity contribution in [3.05, 3.63) is 71.0 Å². The zero-order valence-electron chi connectivity index (χ0n) is 14.4. The predicted octanol–water partition coefficient (Wildman–Crippen LogP) is 3.11. The molecule has 0 bridgehead atoms. The van der Waals surface area contributed by atoms with Crippen LogP contribution in [-0.4, -0.2) is 29.5 Å². The Morgan fingerprint density at radius 2 is 1.88 bits per heavy atom. The van der Waals surface area contributed by atoms with Gasteiger partial charge in [-0.2, -0.15) is 5.26 Å². The van der Waals surface area contributed by atoms with Crippen molar-refractivity contribution in [2.24, 2.45) is 0 Å². The van der Waals surface area contributed by atoms with Gasteiger partial charge in [0.25, 0.3) is 0 Å². The van der Waals surface area contributed by atoms with E-state index in [2.05, 4.69) is 11.1 Å².